The minimum Gasteiger partial charge on any atom is -0.481 e. The van der Waals surface area contributed by atoms with Crippen molar-refractivity contribution in [3.8, 4) is 0 Å². The first-order valence-electron chi connectivity index (χ1n) is 20.4. The van der Waals surface area contributed by atoms with Gasteiger partial charge in [0.15, 0.2) is 23.2 Å². The lowest BCUT2D eigenvalue weighted by Gasteiger charge is -2.32. The van der Waals surface area contributed by atoms with Crippen LogP contribution in [-0.4, -0.2) is 76.3 Å². The van der Waals surface area contributed by atoms with E-state index in [4.69, 9.17) is 34.0 Å². The molecule has 2 saturated heterocycles. The molecule has 0 atom stereocenters. The van der Waals surface area contributed by atoms with Gasteiger partial charge in [-0.2, -0.15) is 26.3 Å². The average molecular weight is 926 g/mol. The molecule has 0 spiro atoms. The first kappa shape index (κ1) is 49.4. The number of benzene rings is 2. The topological polar surface area (TPSA) is 181 Å². The fourth-order valence-corrected chi connectivity index (χ4v) is 6.85. The van der Waals surface area contributed by atoms with E-state index in [2.05, 4.69) is 20.2 Å². The summed E-state index contributed by atoms with van der Waals surface area (Å²) < 4.78 is 138. The van der Waals surface area contributed by atoms with Gasteiger partial charge in [0.2, 0.25) is 5.91 Å². The molecular weight excluding hydrogens is 878 g/mol. The number of nitrogens with two attached hydrogens (primary N) is 1. The molecule has 2 aromatic carbocycles. The van der Waals surface area contributed by atoms with Crippen LogP contribution < -0.4 is 22.0 Å². The fourth-order valence-electron chi connectivity index (χ4n) is 6.85. The summed E-state index contributed by atoms with van der Waals surface area (Å²) in [5.74, 6) is -3.53. The Morgan fingerprint density at radius 1 is 0.646 bits per heavy atom. The molecule has 4 N–H and O–H groups in total. The van der Waals surface area contributed by atoms with Crippen LogP contribution in [0.3, 0.4) is 0 Å². The fraction of sp³-hybridized carbons (Fsp3) is 0.524. The Morgan fingerprint density at radius 3 is 1.37 bits per heavy atom. The third-order valence-corrected chi connectivity index (χ3v) is 12.7. The Hall–Kier alpha value is -4.99. The van der Waals surface area contributed by atoms with Gasteiger partial charge in [-0.05, 0) is 115 Å². The number of alkyl halides is 6. The van der Waals surface area contributed by atoms with E-state index in [9.17, 15) is 44.7 Å². The molecule has 23 heteroatoms. The summed E-state index contributed by atoms with van der Waals surface area (Å²) in [5, 5.41) is 17.8. The Balaban J connectivity index is 0.000000180. The van der Waals surface area contributed by atoms with Crippen LogP contribution in [0.25, 0.3) is 0 Å². The predicted molar refractivity (Wildman–Crippen MR) is 219 cm³/mol. The molecule has 0 unspecified atom stereocenters. The molecule has 4 heterocycles. The van der Waals surface area contributed by atoms with Gasteiger partial charge >= 0.3 is 32.6 Å². The summed E-state index contributed by atoms with van der Waals surface area (Å²) >= 11 is 0. The van der Waals surface area contributed by atoms with Crippen molar-refractivity contribution in [3.63, 3.8) is 0 Å². The van der Waals surface area contributed by atoms with Crippen LogP contribution in [0.1, 0.15) is 104 Å². The Labute approximate surface area is 369 Å². The molecule has 0 radical (unpaired) electrons. The van der Waals surface area contributed by atoms with Crippen LogP contribution in [0.5, 0.6) is 0 Å². The lowest BCUT2D eigenvalue weighted by Crippen LogP contribution is -2.41. The maximum Gasteiger partial charge on any atom is 0.494 e. The van der Waals surface area contributed by atoms with E-state index in [-0.39, 0.29) is 72.8 Å². The van der Waals surface area contributed by atoms with Crippen molar-refractivity contribution in [2.45, 2.75) is 140 Å². The summed E-state index contributed by atoms with van der Waals surface area (Å²) in [6.07, 6.45) is -9.43. The third-order valence-electron chi connectivity index (χ3n) is 12.7. The van der Waals surface area contributed by atoms with E-state index >= 15 is 0 Å². The molecule has 4 aliphatic rings. The minimum absolute atomic E-state index is 0.00877. The van der Waals surface area contributed by atoms with Crippen molar-refractivity contribution in [2.75, 3.05) is 11.1 Å². The highest BCUT2D eigenvalue weighted by molar-refractivity contribution is 6.62. The first-order valence-corrected chi connectivity index (χ1v) is 20.4. The summed E-state index contributed by atoms with van der Waals surface area (Å²) in [6, 6.07) is 10.9. The molecule has 352 valence electrons. The number of rotatable bonds is 9. The zero-order chi connectivity index (χ0) is 48.3. The average Bonchev–Trinajstić information content (AvgIpc) is 4.04. The van der Waals surface area contributed by atoms with E-state index in [0.29, 0.717) is 10.9 Å². The van der Waals surface area contributed by atoms with Crippen molar-refractivity contribution in [3.05, 3.63) is 82.8 Å². The number of carboxylic acids is 1. The summed E-state index contributed by atoms with van der Waals surface area (Å²) in [6.45, 7) is 15.2. The molecule has 4 fully saturated rings. The molecule has 1 amide bonds. The lowest BCUT2D eigenvalue weighted by atomic mass is 9.78. The van der Waals surface area contributed by atoms with Gasteiger partial charge < -0.3 is 43.8 Å². The van der Waals surface area contributed by atoms with E-state index in [0.717, 1.165) is 12.1 Å². The molecule has 2 aliphatic carbocycles. The van der Waals surface area contributed by atoms with Gasteiger partial charge in [-0.15, -0.1) is 0 Å². The summed E-state index contributed by atoms with van der Waals surface area (Å²) in [4.78, 5) is 22.9. The molecule has 2 aromatic heterocycles. The quantitative estimate of drug-likeness (QED) is 0.111. The number of nitrogens with zero attached hydrogens (tertiary/aromatic N) is 2. The Bertz CT molecular complexity index is 2380. The van der Waals surface area contributed by atoms with Crippen LogP contribution in [0.4, 0.5) is 46.8 Å². The van der Waals surface area contributed by atoms with E-state index in [1.807, 2.05) is 55.4 Å². The van der Waals surface area contributed by atoms with Gasteiger partial charge in [-0.3, -0.25) is 9.59 Å². The molecule has 2 aliphatic heterocycles. The van der Waals surface area contributed by atoms with Crippen molar-refractivity contribution >= 4 is 48.7 Å². The van der Waals surface area contributed by atoms with Gasteiger partial charge in [0.05, 0.1) is 35.2 Å². The van der Waals surface area contributed by atoms with Gasteiger partial charge in [-0.25, -0.2) is 8.78 Å². The summed E-state index contributed by atoms with van der Waals surface area (Å²) in [7, 11) is -1.39. The SMILES string of the molecule is CC1(C)OB(c2ccc(CC(=O)Nc3cc(C4(C(F)(F)F)CC4)on3)c(F)c2)OC1(C)C.CC1(C)OB(c2ccc(CC(=O)O)c(F)c2)OC1(C)C.Nc1cc(C2(C(F)(F)F)CC2)on1. The molecule has 8 rings (SSSR count). The number of anilines is 2. The van der Waals surface area contributed by atoms with E-state index in [1.165, 1.54) is 24.3 Å². The van der Waals surface area contributed by atoms with Crippen molar-refractivity contribution in [1.82, 2.24) is 10.3 Å². The third kappa shape index (κ3) is 10.2. The van der Waals surface area contributed by atoms with Crippen LogP contribution in [0.2, 0.25) is 0 Å². The van der Waals surface area contributed by atoms with Crippen molar-refractivity contribution in [1.29, 1.82) is 0 Å². The van der Waals surface area contributed by atoms with E-state index < -0.39 is 83.3 Å². The number of hydrogen-bond donors (Lipinski definition) is 3. The van der Waals surface area contributed by atoms with E-state index in [1.54, 1.807) is 12.1 Å². The largest absolute Gasteiger partial charge is 0.494 e. The lowest BCUT2D eigenvalue weighted by molar-refractivity contribution is -0.166. The number of carboxylic acid groups (broad SMARTS) is 1. The normalized spacial score (nSPS) is 20.6. The highest BCUT2D eigenvalue weighted by atomic mass is 19.4. The molecular formula is C42H48B2F8N4O9. The van der Waals surface area contributed by atoms with Crippen LogP contribution in [-0.2, 0) is 51.9 Å². The van der Waals surface area contributed by atoms with Gasteiger partial charge in [0.25, 0.3) is 0 Å². The van der Waals surface area contributed by atoms with Crippen molar-refractivity contribution in [2.24, 2.45) is 0 Å². The van der Waals surface area contributed by atoms with Crippen LogP contribution in [0, 0.1) is 11.6 Å². The highest BCUT2D eigenvalue weighted by Crippen LogP contribution is 2.60. The standard InChI is InChI=1S/C21H23BF4N2O4.C14H18BFO4.C7H7F3N2O/c1-18(2)19(3,4)32-22(31-18)13-6-5-12(14(23)10-13)9-17(29)27-16-11-15(30-28-16)20(7-8-20)21(24,25)26;1-13(2)14(3,4)20-15(19-13)10-6-5-9(7-12(17)18)11(16)8-10;8-7(9,10)6(1-2-6)4-3-5(11)12-13-4/h5-6,10-11H,7-9H2,1-4H3,(H,27,28,29);5-6,8H,7H2,1-4H3,(H,17,18);3H,1-2H2,(H2,11,12). The maximum absolute atomic E-state index is 14.6. The second kappa shape index (κ2) is 17.0. The zero-order valence-electron chi connectivity index (χ0n) is 36.7. The van der Waals surface area contributed by atoms with Crippen LogP contribution >= 0.6 is 0 Å². The van der Waals surface area contributed by atoms with Crippen LogP contribution in [0.15, 0.2) is 57.6 Å². The smallest absolute Gasteiger partial charge is 0.481 e. The number of aliphatic carboxylic acids is 1. The van der Waals surface area contributed by atoms with Crippen molar-refractivity contribution < 1.29 is 77.5 Å². The van der Waals surface area contributed by atoms with Gasteiger partial charge in [0.1, 0.15) is 22.5 Å². The number of nitrogen functional groups attached to an aromatic ring is 1. The molecule has 2 saturated carbocycles. The van der Waals surface area contributed by atoms with Gasteiger partial charge in [0, 0.05) is 12.1 Å². The second-order valence-electron chi connectivity index (χ2n) is 18.5. The molecule has 4 aromatic rings. The number of hydrogen-bond acceptors (Lipinski definition) is 11. The first-order chi connectivity index (χ1) is 29.8. The Morgan fingerprint density at radius 2 is 1.03 bits per heavy atom. The monoisotopic (exact) mass is 926 g/mol. The zero-order valence-corrected chi connectivity index (χ0v) is 36.7. The predicted octanol–water partition coefficient (Wildman–Crippen LogP) is 7.49. The number of amides is 1. The highest BCUT2D eigenvalue weighted by Gasteiger charge is 2.68. The number of carbonyl (C=O) groups excluding carboxylic acids is 1. The number of carbonyl (C=O) groups is 2. The van der Waals surface area contributed by atoms with Gasteiger partial charge in [-0.1, -0.05) is 34.6 Å². The second-order valence-corrected chi connectivity index (χ2v) is 18.5. The maximum atomic E-state index is 14.6. The number of aromatic nitrogens is 2. The Kier molecular flexibility index (Phi) is 12.9. The number of halogens is 8. The minimum atomic E-state index is -4.45. The molecule has 65 heavy (non-hydrogen) atoms. The molecule has 0 bridgehead atoms. The molecule has 13 nitrogen and oxygen atoms in total. The summed E-state index contributed by atoms with van der Waals surface area (Å²) in [5.41, 5.74) is 0.496. The number of nitrogens with one attached hydrogen (secondary N) is 1.